The molecule has 2 aliphatic carbocycles. The van der Waals surface area contributed by atoms with Gasteiger partial charge in [-0.05, 0) is 18.3 Å². The minimum atomic E-state index is -0.220. The Kier molecular flexibility index (Phi) is 4.31. The maximum atomic E-state index is 12.8. The summed E-state index contributed by atoms with van der Waals surface area (Å²) in [6.45, 7) is 4.01. The molecule has 2 saturated heterocycles. The molecule has 4 aliphatic rings. The summed E-state index contributed by atoms with van der Waals surface area (Å²) in [5.74, 6) is -0.416. The van der Waals surface area contributed by atoms with E-state index in [2.05, 4.69) is 36.4 Å². The minimum absolute atomic E-state index is 0.0852. The molecule has 3 fully saturated rings. The molecule has 0 aromatic heterocycles. The first-order valence-electron chi connectivity index (χ1n) is 10.3. The maximum absolute atomic E-state index is 12.8. The summed E-state index contributed by atoms with van der Waals surface area (Å²) in [5.41, 5.74) is 1.31. The first kappa shape index (κ1) is 17.6. The van der Waals surface area contributed by atoms with Gasteiger partial charge in [0.1, 0.15) is 13.1 Å². The number of carbonyl (C=O) groups is 3. The molecule has 146 valence electrons. The number of carbonyl (C=O) groups excluding carboxylic acids is 3. The molecule has 28 heavy (non-hydrogen) atoms. The number of quaternary nitrogens is 1. The zero-order chi connectivity index (χ0) is 19.3. The Hall–Kier alpha value is -2.47. The molecule has 2 heterocycles. The molecular formula is C22H26N3O3+. The monoisotopic (exact) mass is 380 g/mol. The Labute approximate surface area is 164 Å². The molecule has 1 N–H and O–H groups in total. The van der Waals surface area contributed by atoms with Crippen molar-refractivity contribution in [2.24, 2.45) is 23.7 Å². The predicted molar refractivity (Wildman–Crippen MR) is 102 cm³/mol. The summed E-state index contributed by atoms with van der Waals surface area (Å²) in [6.07, 6.45) is 5.08. The van der Waals surface area contributed by atoms with Crippen molar-refractivity contribution in [1.29, 1.82) is 0 Å². The van der Waals surface area contributed by atoms with Gasteiger partial charge in [0, 0.05) is 5.56 Å². The van der Waals surface area contributed by atoms with Crippen LogP contribution in [0.15, 0.2) is 42.5 Å². The van der Waals surface area contributed by atoms with Crippen molar-refractivity contribution in [3.63, 3.8) is 0 Å². The number of amides is 3. The van der Waals surface area contributed by atoms with Crippen LogP contribution in [0.3, 0.4) is 0 Å². The molecule has 2 aliphatic heterocycles. The molecule has 0 radical (unpaired) electrons. The second kappa shape index (κ2) is 6.85. The third-order valence-corrected chi connectivity index (χ3v) is 6.98. The number of piperazine rings is 1. The lowest BCUT2D eigenvalue weighted by Crippen LogP contribution is -3.13. The summed E-state index contributed by atoms with van der Waals surface area (Å²) >= 11 is 0. The molecule has 1 aromatic rings. The number of allylic oxidation sites excluding steroid dienone is 2. The molecule has 0 spiro atoms. The predicted octanol–water partition coefficient (Wildman–Crippen LogP) is -0.279. The van der Waals surface area contributed by atoms with Crippen molar-refractivity contribution in [1.82, 2.24) is 9.80 Å². The first-order chi connectivity index (χ1) is 13.6. The van der Waals surface area contributed by atoms with E-state index >= 15 is 0 Å². The van der Waals surface area contributed by atoms with E-state index in [1.807, 2.05) is 11.0 Å². The van der Waals surface area contributed by atoms with Crippen LogP contribution in [0.4, 0.5) is 0 Å². The van der Waals surface area contributed by atoms with Crippen molar-refractivity contribution >= 4 is 17.7 Å². The topological polar surface area (TPSA) is 62.1 Å². The Balaban J connectivity index is 1.16. The van der Waals surface area contributed by atoms with Crippen LogP contribution in [-0.4, -0.2) is 60.2 Å². The molecule has 3 amide bonds. The number of imide groups is 1. The van der Waals surface area contributed by atoms with Gasteiger partial charge in [0.25, 0.3) is 0 Å². The number of hydrogen-bond donors (Lipinski definition) is 1. The fraction of sp³-hybridized carbons (Fsp3) is 0.500. The van der Waals surface area contributed by atoms with E-state index in [4.69, 9.17) is 0 Å². The van der Waals surface area contributed by atoms with Crippen molar-refractivity contribution < 1.29 is 19.3 Å². The van der Waals surface area contributed by atoms with Crippen LogP contribution in [0.5, 0.6) is 0 Å². The van der Waals surface area contributed by atoms with Gasteiger partial charge in [-0.3, -0.25) is 19.3 Å². The quantitative estimate of drug-likeness (QED) is 0.577. The number of rotatable bonds is 4. The molecular weight excluding hydrogens is 354 g/mol. The van der Waals surface area contributed by atoms with Gasteiger partial charge in [0.2, 0.25) is 17.7 Å². The van der Waals surface area contributed by atoms with Crippen LogP contribution >= 0.6 is 0 Å². The lowest BCUT2D eigenvalue weighted by molar-refractivity contribution is -0.917. The minimum Gasteiger partial charge on any atom is -0.330 e. The van der Waals surface area contributed by atoms with Crippen molar-refractivity contribution in [2.45, 2.75) is 13.0 Å². The standard InChI is InChI=1S/C22H25N3O3/c26-18(24-10-8-23(9-11-24)13-15-4-2-1-3-5-15)14-25-21(27)19-16-6-7-17(12-16)20(19)22(25)28/h1-7,16-17,19-20H,8-14H2/p+1. The van der Waals surface area contributed by atoms with E-state index in [-0.39, 0.29) is 47.9 Å². The van der Waals surface area contributed by atoms with E-state index in [0.29, 0.717) is 13.1 Å². The molecule has 1 aromatic carbocycles. The summed E-state index contributed by atoms with van der Waals surface area (Å²) in [5, 5.41) is 0. The van der Waals surface area contributed by atoms with Gasteiger partial charge in [-0.2, -0.15) is 0 Å². The third kappa shape index (κ3) is 2.87. The van der Waals surface area contributed by atoms with Crippen molar-refractivity contribution in [3.8, 4) is 0 Å². The van der Waals surface area contributed by atoms with E-state index in [9.17, 15) is 14.4 Å². The highest BCUT2D eigenvalue weighted by atomic mass is 16.2. The number of nitrogens with one attached hydrogen (secondary N) is 1. The van der Waals surface area contributed by atoms with Gasteiger partial charge < -0.3 is 9.80 Å². The van der Waals surface area contributed by atoms with Crippen LogP contribution in [0.2, 0.25) is 0 Å². The van der Waals surface area contributed by atoms with Gasteiger partial charge in [-0.25, -0.2) is 0 Å². The van der Waals surface area contributed by atoms with E-state index in [0.717, 1.165) is 26.1 Å². The molecule has 2 bridgehead atoms. The van der Waals surface area contributed by atoms with Crippen LogP contribution in [0.25, 0.3) is 0 Å². The summed E-state index contributed by atoms with van der Waals surface area (Å²) in [4.78, 5) is 42.8. The number of benzene rings is 1. The zero-order valence-corrected chi connectivity index (χ0v) is 15.9. The summed E-state index contributed by atoms with van der Waals surface area (Å²) in [6, 6.07) is 10.4. The van der Waals surface area contributed by atoms with E-state index in [1.54, 1.807) is 0 Å². The summed E-state index contributed by atoms with van der Waals surface area (Å²) in [7, 11) is 0. The highest BCUT2D eigenvalue weighted by molar-refractivity contribution is 6.08. The zero-order valence-electron chi connectivity index (χ0n) is 15.9. The number of likely N-dealkylation sites (tertiary alicyclic amines) is 1. The second-order valence-corrected chi connectivity index (χ2v) is 8.56. The molecule has 1 saturated carbocycles. The smallest absolute Gasteiger partial charge is 0.243 e. The van der Waals surface area contributed by atoms with E-state index in [1.165, 1.54) is 15.4 Å². The fourth-order valence-corrected chi connectivity index (χ4v) is 5.49. The van der Waals surface area contributed by atoms with Gasteiger partial charge in [-0.15, -0.1) is 0 Å². The average Bonchev–Trinajstić information content (AvgIpc) is 3.39. The second-order valence-electron chi connectivity index (χ2n) is 8.56. The maximum Gasteiger partial charge on any atom is 0.243 e. The lowest BCUT2D eigenvalue weighted by atomic mass is 9.85. The fourth-order valence-electron chi connectivity index (χ4n) is 5.49. The van der Waals surface area contributed by atoms with Gasteiger partial charge in [-0.1, -0.05) is 42.5 Å². The Morgan fingerprint density at radius 1 is 0.964 bits per heavy atom. The van der Waals surface area contributed by atoms with Gasteiger partial charge in [0.15, 0.2) is 0 Å². The van der Waals surface area contributed by atoms with Crippen LogP contribution in [-0.2, 0) is 20.9 Å². The third-order valence-electron chi connectivity index (χ3n) is 6.98. The van der Waals surface area contributed by atoms with Crippen LogP contribution in [0.1, 0.15) is 12.0 Å². The van der Waals surface area contributed by atoms with Crippen LogP contribution < -0.4 is 4.90 Å². The number of hydrogen-bond acceptors (Lipinski definition) is 3. The van der Waals surface area contributed by atoms with Gasteiger partial charge in [0.05, 0.1) is 38.0 Å². The molecule has 4 atom stereocenters. The summed E-state index contributed by atoms with van der Waals surface area (Å²) < 4.78 is 0. The van der Waals surface area contributed by atoms with Crippen molar-refractivity contribution in [2.75, 3.05) is 32.7 Å². The lowest BCUT2D eigenvalue weighted by Gasteiger charge is -2.33. The Morgan fingerprint density at radius 3 is 2.18 bits per heavy atom. The number of fused-ring (bicyclic) bond motifs is 5. The van der Waals surface area contributed by atoms with Gasteiger partial charge >= 0.3 is 0 Å². The number of nitrogens with zero attached hydrogens (tertiary/aromatic N) is 2. The highest BCUT2D eigenvalue weighted by Gasteiger charge is 2.59. The first-order valence-corrected chi connectivity index (χ1v) is 10.3. The van der Waals surface area contributed by atoms with E-state index < -0.39 is 0 Å². The highest BCUT2D eigenvalue weighted by Crippen LogP contribution is 2.52. The SMILES string of the molecule is O=C(CN1C(=O)C2C3C=CC(C3)C2C1=O)N1CC[NH+](Cc2ccccc2)CC1. The molecule has 4 unspecified atom stereocenters. The average molecular weight is 380 g/mol. The Morgan fingerprint density at radius 2 is 1.57 bits per heavy atom. The molecule has 6 heteroatoms. The molecule has 5 rings (SSSR count). The van der Waals surface area contributed by atoms with Crippen LogP contribution in [0, 0.1) is 23.7 Å². The Bertz CT molecular complexity index is 799. The molecule has 6 nitrogen and oxygen atoms in total. The van der Waals surface area contributed by atoms with Crippen molar-refractivity contribution in [3.05, 3.63) is 48.0 Å². The largest absolute Gasteiger partial charge is 0.330 e. The normalized spacial score (nSPS) is 31.7.